The number of cyclic esters (lactones) is 1. The first kappa shape index (κ1) is 19.0. The number of aromatic nitrogens is 5. The Bertz CT molecular complexity index is 1090. The summed E-state index contributed by atoms with van der Waals surface area (Å²) >= 11 is 0. The fraction of sp³-hybridized carbons (Fsp3) is 0.235. The number of ether oxygens (including phenoxy) is 1. The van der Waals surface area contributed by atoms with Crippen molar-refractivity contribution in [2.24, 2.45) is 0 Å². The number of carbonyl (C=O) groups is 1. The normalized spacial score (nSPS) is 20.8. The summed E-state index contributed by atoms with van der Waals surface area (Å²) in [4.78, 5) is 45.4. The Balaban J connectivity index is 1.37. The molecule has 2 atom stereocenters. The zero-order valence-electron chi connectivity index (χ0n) is 15.4. The monoisotopic (exact) mass is 432 g/mol. The Kier molecular flexibility index (Phi) is 4.45. The van der Waals surface area contributed by atoms with E-state index in [4.69, 9.17) is 19.4 Å². The molecule has 13 heteroatoms. The molecule has 0 radical (unpaired) electrons. The molecule has 2 aliphatic heterocycles. The van der Waals surface area contributed by atoms with Gasteiger partial charge in [0, 0.05) is 0 Å². The first-order chi connectivity index (χ1) is 14.4. The number of amides is 1. The SMILES string of the molecule is O=C1O[C@@H](CO[PH](O)(O)O)[C@@H]2Cc3cc(-c4ccc(-n5cnnn5)nc4)ccc3N12. The molecule has 1 saturated heterocycles. The average Bonchev–Trinajstić information content (AvgIpc) is 3.43. The van der Waals surface area contributed by atoms with Gasteiger partial charge in [-0.25, -0.2) is 0 Å². The van der Waals surface area contributed by atoms with Crippen molar-refractivity contribution < 1.29 is 28.7 Å². The van der Waals surface area contributed by atoms with Gasteiger partial charge in [-0.3, -0.25) is 0 Å². The van der Waals surface area contributed by atoms with Gasteiger partial charge in [-0.2, -0.15) is 4.68 Å². The van der Waals surface area contributed by atoms with Crippen LogP contribution in [0.4, 0.5) is 10.5 Å². The van der Waals surface area contributed by atoms with Crippen molar-refractivity contribution in [1.29, 1.82) is 0 Å². The quantitative estimate of drug-likeness (QED) is 0.482. The summed E-state index contributed by atoms with van der Waals surface area (Å²) in [5, 5.41) is 11.0. The average molecular weight is 432 g/mol. The summed E-state index contributed by atoms with van der Waals surface area (Å²) in [7, 11) is -4.68. The van der Waals surface area contributed by atoms with Crippen LogP contribution in [0.3, 0.4) is 0 Å². The van der Waals surface area contributed by atoms with Crippen LogP contribution in [-0.2, 0) is 15.7 Å². The number of fused-ring (bicyclic) bond motifs is 3. The van der Waals surface area contributed by atoms with E-state index >= 15 is 0 Å². The Labute approximate surface area is 170 Å². The number of tetrazole rings is 1. The number of benzene rings is 1. The van der Waals surface area contributed by atoms with Gasteiger partial charge in [-0.15, -0.1) is 5.10 Å². The Morgan fingerprint density at radius 1 is 1.20 bits per heavy atom. The maximum atomic E-state index is 12.3. The number of nitrogens with zero attached hydrogens (tertiary/aromatic N) is 6. The molecule has 0 spiro atoms. The summed E-state index contributed by atoms with van der Waals surface area (Å²) in [5.74, 6) is 0.590. The molecule has 3 N–H and O–H groups in total. The van der Waals surface area contributed by atoms with Gasteiger partial charge in [0.1, 0.15) is 6.33 Å². The molecule has 4 heterocycles. The molecule has 0 saturated carbocycles. The predicted molar refractivity (Wildman–Crippen MR) is 104 cm³/mol. The molecule has 1 amide bonds. The van der Waals surface area contributed by atoms with E-state index in [1.807, 2.05) is 24.3 Å². The van der Waals surface area contributed by atoms with Crippen LogP contribution in [0.15, 0.2) is 42.9 Å². The van der Waals surface area contributed by atoms with Crippen molar-refractivity contribution in [3.8, 4) is 16.9 Å². The second-order valence-electron chi connectivity index (χ2n) is 6.95. The van der Waals surface area contributed by atoms with Gasteiger partial charge in [0.2, 0.25) is 0 Å². The van der Waals surface area contributed by atoms with E-state index < -0.39 is 20.4 Å². The van der Waals surface area contributed by atoms with Crippen molar-refractivity contribution in [2.45, 2.75) is 18.6 Å². The van der Waals surface area contributed by atoms with E-state index in [1.54, 1.807) is 12.3 Å². The van der Waals surface area contributed by atoms with E-state index in [2.05, 4.69) is 25.0 Å². The number of hydrogen-bond acceptors (Lipinski definition) is 10. The van der Waals surface area contributed by atoms with Crippen LogP contribution in [0.5, 0.6) is 0 Å². The van der Waals surface area contributed by atoms with E-state index in [1.165, 1.54) is 15.9 Å². The molecule has 2 aliphatic rings. The van der Waals surface area contributed by atoms with E-state index in [0.717, 1.165) is 22.4 Å². The molecule has 1 aromatic carbocycles. The first-order valence-corrected chi connectivity index (χ1v) is 10.8. The van der Waals surface area contributed by atoms with Gasteiger partial charge in [0.25, 0.3) is 0 Å². The topological polar surface area (TPSA) is 156 Å². The van der Waals surface area contributed by atoms with Crippen LogP contribution in [0.25, 0.3) is 16.9 Å². The molecular formula is C17H17N6O6P. The minimum absolute atomic E-state index is 0.300. The number of pyridine rings is 1. The van der Waals surface area contributed by atoms with E-state index in [0.29, 0.717) is 12.2 Å². The predicted octanol–water partition coefficient (Wildman–Crippen LogP) is 0.378. The van der Waals surface area contributed by atoms with Crippen molar-refractivity contribution in [1.82, 2.24) is 25.2 Å². The van der Waals surface area contributed by atoms with Crippen LogP contribution in [0.1, 0.15) is 5.56 Å². The van der Waals surface area contributed by atoms with Gasteiger partial charge < -0.3 is 0 Å². The molecule has 12 nitrogen and oxygen atoms in total. The molecular weight excluding hydrogens is 415 g/mol. The zero-order valence-corrected chi connectivity index (χ0v) is 16.4. The molecule has 1 fully saturated rings. The number of carbonyl (C=O) groups excluding carboxylic acids is 1. The van der Waals surface area contributed by atoms with Crippen LogP contribution in [0, 0.1) is 0 Å². The molecule has 2 aromatic heterocycles. The third kappa shape index (κ3) is 3.40. The van der Waals surface area contributed by atoms with Crippen LogP contribution < -0.4 is 4.90 Å². The zero-order chi connectivity index (χ0) is 20.9. The van der Waals surface area contributed by atoms with Gasteiger partial charge in [0.05, 0.1) is 0 Å². The van der Waals surface area contributed by atoms with E-state index in [-0.39, 0.29) is 12.6 Å². The summed E-state index contributed by atoms with van der Waals surface area (Å²) in [6, 6.07) is 9.07. The fourth-order valence-electron chi connectivity index (χ4n) is 3.75. The van der Waals surface area contributed by atoms with Crippen LogP contribution >= 0.6 is 8.17 Å². The van der Waals surface area contributed by atoms with Gasteiger partial charge in [-0.05, 0) is 10.4 Å². The van der Waals surface area contributed by atoms with Crippen LogP contribution in [-0.4, -0.2) is 64.7 Å². The second kappa shape index (κ2) is 7.04. The summed E-state index contributed by atoms with van der Waals surface area (Å²) < 4.78 is 11.4. The molecule has 0 unspecified atom stereocenters. The standard InChI is InChI=1S/C17H17N6O6P/c24-17-23-13-3-1-10(11-2-4-16(18-7-11)22-9-19-20-21-22)5-12(13)6-14(23)15(29-17)8-28-30(25,26)27/h1-5,7,9,14-15,25-27,30H,6,8H2/t14-,15-/m0/s1. The maximum absolute atomic E-state index is 12.3. The Morgan fingerprint density at radius 3 is 2.73 bits per heavy atom. The van der Waals surface area contributed by atoms with Crippen LogP contribution in [0.2, 0.25) is 0 Å². The van der Waals surface area contributed by atoms with Crippen molar-refractivity contribution in [2.75, 3.05) is 11.5 Å². The Hall–Kier alpha value is -3.02. The molecule has 30 heavy (non-hydrogen) atoms. The molecule has 156 valence electrons. The molecule has 3 aromatic rings. The van der Waals surface area contributed by atoms with Gasteiger partial charge in [0.15, 0.2) is 0 Å². The van der Waals surface area contributed by atoms with Gasteiger partial charge in [-0.1, -0.05) is 0 Å². The van der Waals surface area contributed by atoms with E-state index in [9.17, 15) is 4.79 Å². The molecule has 5 rings (SSSR count). The second-order valence-corrected chi connectivity index (χ2v) is 8.39. The van der Waals surface area contributed by atoms with Gasteiger partial charge >= 0.3 is 143 Å². The third-order valence-corrected chi connectivity index (χ3v) is 5.64. The minimum atomic E-state index is -4.68. The van der Waals surface area contributed by atoms with Crippen molar-refractivity contribution in [3.05, 3.63) is 48.4 Å². The summed E-state index contributed by atoms with van der Waals surface area (Å²) in [5.41, 5.74) is 3.50. The number of hydrogen-bond donors (Lipinski definition) is 3. The Morgan fingerprint density at radius 2 is 2.03 bits per heavy atom. The van der Waals surface area contributed by atoms with Crippen molar-refractivity contribution >= 4 is 20.0 Å². The fourth-order valence-corrected chi connectivity index (χ4v) is 4.14. The van der Waals surface area contributed by atoms with Crippen molar-refractivity contribution in [3.63, 3.8) is 0 Å². The molecule has 0 aliphatic carbocycles. The number of anilines is 1. The first-order valence-electron chi connectivity index (χ1n) is 9.03. The summed E-state index contributed by atoms with van der Waals surface area (Å²) in [6.07, 6.45) is 2.43. The third-order valence-electron chi connectivity index (χ3n) is 5.08. The summed E-state index contributed by atoms with van der Waals surface area (Å²) in [6.45, 7) is -0.300. The number of rotatable bonds is 5. The molecule has 0 bridgehead atoms.